The number of nitrogens with one attached hydrogen (secondary N) is 2. The molecule has 2 atom stereocenters. The summed E-state index contributed by atoms with van der Waals surface area (Å²) in [5, 5.41) is 6.34. The van der Waals surface area contributed by atoms with Crippen molar-refractivity contribution in [3.63, 3.8) is 0 Å². The van der Waals surface area contributed by atoms with Crippen molar-refractivity contribution < 1.29 is 4.79 Å². The van der Waals surface area contributed by atoms with Crippen LogP contribution >= 0.6 is 0 Å². The van der Waals surface area contributed by atoms with Gasteiger partial charge in [-0.15, -0.1) is 0 Å². The average Bonchev–Trinajstić information content (AvgIpc) is 2.34. The minimum atomic E-state index is 0.156. The fourth-order valence-electron chi connectivity index (χ4n) is 2.27. The Morgan fingerprint density at radius 2 is 1.74 bits per heavy atom. The summed E-state index contributed by atoms with van der Waals surface area (Å²) in [5.41, 5.74) is 0. The maximum atomic E-state index is 11.8. The van der Waals surface area contributed by atoms with E-state index in [9.17, 15) is 4.79 Å². The number of carbonyl (C=O) groups is 1. The van der Waals surface area contributed by atoms with Gasteiger partial charge in [0.15, 0.2) is 0 Å². The number of hydrogen-bond donors (Lipinski definition) is 2. The van der Waals surface area contributed by atoms with Crippen LogP contribution in [-0.4, -0.2) is 49.1 Å². The van der Waals surface area contributed by atoms with Gasteiger partial charge in [0.05, 0.1) is 0 Å². The summed E-state index contributed by atoms with van der Waals surface area (Å²) in [4.78, 5) is 14.2. The monoisotopic (exact) mass is 271 g/mol. The van der Waals surface area contributed by atoms with Crippen LogP contribution in [0.1, 0.15) is 53.9 Å². The number of rotatable bonds is 11. The highest BCUT2D eigenvalue weighted by Crippen LogP contribution is 2.01. The fourth-order valence-corrected chi connectivity index (χ4v) is 2.27. The highest BCUT2D eigenvalue weighted by atomic mass is 16.1. The maximum Gasteiger partial charge on any atom is 0.221 e. The summed E-state index contributed by atoms with van der Waals surface area (Å²) in [6, 6.07) is 0.532. The van der Waals surface area contributed by atoms with Gasteiger partial charge in [0.25, 0.3) is 0 Å². The molecule has 0 aromatic heterocycles. The predicted molar refractivity (Wildman–Crippen MR) is 82.4 cm³/mol. The smallest absolute Gasteiger partial charge is 0.221 e. The van der Waals surface area contributed by atoms with Gasteiger partial charge in [-0.1, -0.05) is 20.8 Å². The molecule has 0 heterocycles. The Labute approximate surface area is 119 Å². The maximum absolute atomic E-state index is 11.8. The summed E-state index contributed by atoms with van der Waals surface area (Å²) in [7, 11) is 0. The molecule has 0 aliphatic rings. The lowest BCUT2D eigenvalue weighted by Crippen LogP contribution is -2.38. The molecule has 114 valence electrons. The Balaban J connectivity index is 3.73. The molecule has 2 N–H and O–H groups in total. The van der Waals surface area contributed by atoms with Gasteiger partial charge in [-0.25, -0.2) is 0 Å². The highest BCUT2D eigenvalue weighted by Gasteiger charge is 2.11. The van der Waals surface area contributed by atoms with Crippen molar-refractivity contribution in [2.45, 2.75) is 66.0 Å². The Hall–Kier alpha value is -0.610. The van der Waals surface area contributed by atoms with Crippen molar-refractivity contribution in [2.75, 3.05) is 26.2 Å². The quantitative estimate of drug-likeness (QED) is 0.604. The molecule has 0 aromatic rings. The van der Waals surface area contributed by atoms with Gasteiger partial charge < -0.3 is 15.5 Å². The van der Waals surface area contributed by atoms with E-state index in [0.717, 1.165) is 39.0 Å². The lowest BCUT2D eigenvalue weighted by Gasteiger charge is -2.20. The standard InChI is InChI=1S/C15H33N3O/c1-6-16-14(5)12-15(19)17-13(4)10-9-11-18(7-2)8-3/h13-14,16H,6-12H2,1-5H3,(H,17,19). The van der Waals surface area contributed by atoms with Crippen LogP contribution in [0.2, 0.25) is 0 Å². The predicted octanol–water partition coefficient (Wildman–Crippen LogP) is 2.00. The first kappa shape index (κ1) is 18.4. The van der Waals surface area contributed by atoms with E-state index in [1.807, 2.05) is 6.92 Å². The molecule has 19 heavy (non-hydrogen) atoms. The van der Waals surface area contributed by atoms with Crippen molar-refractivity contribution in [3.05, 3.63) is 0 Å². The SMILES string of the molecule is CCNC(C)CC(=O)NC(C)CCCN(CC)CC. The van der Waals surface area contributed by atoms with Gasteiger partial charge in [-0.3, -0.25) is 4.79 Å². The molecular formula is C15H33N3O. The van der Waals surface area contributed by atoms with Crippen molar-refractivity contribution in [3.8, 4) is 0 Å². The van der Waals surface area contributed by atoms with Crippen molar-refractivity contribution >= 4 is 5.91 Å². The van der Waals surface area contributed by atoms with Gasteiger partial charge in [-0.2, -0.15) is 0 Å². The topological polar surface area (TPSA) is 44.4 Å². The van der Waals surface area contributed by atoms with Crippen LogP contribution in [0.5, 0.6) is 0 Å². The summed E-state index contributed by atoms with van der Waals surface area (Å²) in [6.07, 6.45) is 2.76. The Kier molecular flexibility index (Phi) is 10.9. The summed E-state index contributed by atoms with van der Waals surface area (Å²) < 4.78 is 0. The third-order valence-electron chi connectivity index (χ3n) is 3.46. The molecule has 1 amide bonds. The Morgan fingerprint density at radius 1 is 1.11 bits per heavy atom. The molecule has 0 radical (unpaired) electrons. The molecule has 0 saturated carbocycles. The van der Waals surface area contributed by atoms with Crippen LogP contribution in [0.4, 0.5) is 0 Å². The minimum Gasteiger partial charge on any atom is -0.354 e. The van der Waals surface area contributed by atoms with Crippen molar-refractivity contribution in [2.24, 2.45) is 0 Å². The largest absolute Gasteiger partial charge is 0.354 e. The first-order valence-electron chi connectivity index (χ1n) is 7.78. The second-order valence-corrected chi connectivity index (χ2v) is 5.30. The van der Waals surface area contributed by atoms with E-state index in [-0.39, 0.29) is 18.0 Å². The van der Waals surface area contributed by atoms with Crippen LogP contribution in [0.15, 0.2) is 0 Å². The number of hydrogen-bond acceptors (Lipinski definition) is 3. The first-order chi connectivity index (χ1) is 9.03. The molecule has 4 nitrogen and oxygen atoms in total. The molecule has 0 saturated heterocycles. The summed E-state index contributed by atoms with van der Waals surface area (Å²) in [6.45, 7) is 14.8. The Bertz CT molecular complexity index is 229. The molecule has 2 unspecified atom stereocenters. The van der Waals surface area contributed by atoms with Crippen molar-refractivity contribution in [1.29, 1.82) is 0 Å². The van der Waals surface area contributed by atoms with E-state index in [1.54, 1.807) is 0 Å². The van der Waals surface area contributed by atoms with Crippen LogP contribution in [0, 0.1) is 0 Å². The van der Waals surface area contributed by atoms with Crippen LogP contribution in [0.25, 0.3) is 0 Å². The first-order valence-corrected chi connectivity index (χ1v) is 7.78. The molecule has 0 aliphatic heterocycles. The minimum absolute atomic E-state index is 0.156. The lowest BCUT2D eigenvalue weighted by atomic mass is 10.1. The number of amides is 1. The molecule has 0 aromatic carbocycles. The van der Waals surface area contributed by atoms with Crippen LogP contribution in [-0.2, 0) is 4.79 Å². The van der Waals surface area contributed by atoms with Gasteiger partial charge in [0.1, 0.15) is 0 Å². The third kappa shape index (κ3) is 9.91. The van der Waals surface area contributed by atoms with E-state index in [2.05, 4.69) is 43.2 Å². The molecule has 0 spiro atoms. The second kappa shape index (κ2) is 11.2. The third-order valence-corrected chi connectivity index (χ3v) is 3.46. The Morgan fingerprint density at radius 3 is 2.26 bits per heavy atom. The molecule has 0 fully saturated rings. The van der Waals surface area contributed by atoms with Crippen LogP contribution in [0.3, 0.4) is 0 Å². The van der Waals surface area contributed by atoms with E-state index in [0.29, 0.717) is 6.42 Å². The summed E-state index contributed by atoms with van der Waals surface area (Å²) >= 11 is 0. The number of nitrogens with zero attached hydrogens (tertiary/aromatic N) is 1. The fraction of sp³-hybridized carbons (Fsp3) is 0.933. The zero-order valence-corrected chi connectivity index (χ0v) is 13.5. The van der Waals surface area contributed by atoms with Gasteiger partial charge in [0, 0.05) is 18.5 Å². The molecule has 0 rings (SSSR count). The molecule has 0 bridgehead atoms. The molecule has 4 heteroatoms. The zero-order valence-electron chi connectivity index (χ0n) is 13.5. The van der Waals surface area contributed by atoms with Gasteiger partial charge in [0.2, 0.25) is 5.91 Å². The second-order valence-electron chi connectivity index (χ2n) is 5.30. The van der Waals surface area contributed by atoms with E-state index >= 15 is 0 Å². The zero-order chi connectivity index (χ0) is 14.7. The van der Waals surface area contributed by atoms with Crippen molar-refractivity contribution in [1.82, 2.24) is 15.5 Å². The normalized spacial score (nSPS) is 14.4. The highest BCUT2D eigenvalue weighted by molar-refractivity contribution is 5.76. The summed E-state index contributed by atoms with van der Waals surface area (Å²) in [5.74, 6) is 0.156. The van der Waals surface area contributed by atoms with E-state index in [4.69, 9.17) is 0 Å². The lowest BCUT2D eigenvalue weighted by molar-refractivity contribution is -0.122. The van der Waals surface area contributed by atoms with E-state index in [1.165, 1.54) is 0 Å². The van der Waals surface area contributed by atoms with Gasteiger partial charge in [-0.05, 0) is 52.9 Å². The number of carbonyl (C=O) groups excluding carboxylic acids is 1. The average molecular weight is 271 g/mol. The van der Waals surface area contributed by atoms with Crippen LogP contribution < -0.4 is 10.6 Å². The van der Waals surface area contributed by atoms with Gasteiger partial charge >= 0.3 is 0 Å². The molecule has 0 aliphatic carbocycles. The van der Waals surface area contributed by atoms with E-state index < -0.39 is 0 Å². The molecular weight excluding hydrogens is 238 g/mol.